The summed E-state index contributed by atoms with van der Waals surface area (Å²) in [4.78, 5) is 4.29. The molecule has 1 aromatic rings. The van der Waals surface area contributed by atoms with Gasteiger partial charge < -0.3 is 5.32 Å². The van der Waals surface area contributed by atoms with Crippen LogP contribution in [-0.2, 0) is 12.8 Å². The zero-order valence-corrected chi connectivity index (χ0v) is 7.38. The van der Waals surface area contributed by atoms with Crippen molar-refractivity contribution in [2.45, 2.75) is 12.8 Å². The van der Waals surface area contributed by atoms with Gasteiger partial charge >= 0.3 is 0 Å². The van der Waals surface area contributed by atoms with E-state index >= 15 is 0 Å². The summed E-state index contributed by atoms with van der Waals surface area (Å²) in [6.07, 6.45) is 1.96. The van der Waals surface area contributed by atoms with Crippen molar-refractivity contribution in [2.75, 3.05) is 13.1 Å². The molecule has 3 heteroatoms. The van der Waals surface area contributed by atoms with Crippen molar-refractivity contribution in [2.24, 2.45) is 0 Å². The fraction of sp³-hybridized carbons (Fsp3) is 0.400. The lowest BCUT2D eigenvalue weighted by Crippen LogP contribution is -2.16. The van der Waals surface area contributed by atoms with Crippen LogP contribution in [0.2, 0.25) is 0 Å². The van der Waals surface area contributed by atoms with Crippen LogP contribution in [0, 0.1) is 11.3 Å². The zero-order valence-electron chi connectivity index (χ0n) is 7.38. The van der Waals surface area contributed by atoms with Gasteiger partial charge in [-0.1, -0.05) is 6.07 Å². The Bertz CT molecular complexity index is 352. The Morgan fingerprint density at radius 3 is 3.00 bits per heavy atom. The largest absolute Gasteiger partial charge is 0.316 e. The van der Waals surface area contributed by atoms with E-state index in [0.29, 0.717) is 5.69 Å². The Hall–Kier alpha value is -1.40. The standard InChI is InChI=1S/C10H11N3/c11-7-9-2-1-8-3-5-12-6-4-10(8)13-9/h1-2,12H,3-6H2. The average Bonchev–Trinajstić information content (AvgIpc) is 2.41. The highest BCUT2D eigenvalue weighted by molar-refractivity contribution is 5.30. The molecule has 0 amide bonds. The highest BCUT2D eigenvalue weighted by Gasteiger charge is 2.08. The number of rotatable bonds is 0. The summed E-state index contributed by atoms with van der Waals surface area (Å²) in [6, 6.07) is 5.88. The molecular weight excluding hydrogens is 162 g/mol. The van der Waals surface area contributed by atoms with E-state index in [0.717, 1.165) is 31.6 Å². The number of hydrogen-bond donors (Lipinski definition) is 1. The highest BCUT2D eigenvalue weighted by Crippen LogP contribution is 2.10. The Morgan fingerprint density at radius 2 is 2.15 bits per heavy atom. The predicted molar refractivity (Wildman–Crippen MR) is 49.2 cm³/mol. The fourth-order valence-corrected chi connectivity index (χ4v) is 1.59. The van der Waals surface area contributed by atoms with E-state index in [4.69, 9.17) is 5.26 Å². The summed E-state index contributed by atoms with van der Waals surface area (Å²) in [7, 11) is 0. The molecule has 0 saturated carbocycles. The van der Waals surface area contributed by atoms with Crippen LogP contribution in [0.25, 0.3) is 0 Å². The molecule has 2 heterocycles. The van der Waals surface area contributed by atoms with Gasteiger partial charge in [0.05, 0.1) is 0 Å². The minimum atomic E-state index is 0.528. The predicted octanol–water partition coefficient (Wildman–Crippen LogP) is 0.641. The molecule has 1 aliphatic rings. The number of aromatic nitrogens is 1. The minimum absolute atomic E-state index is 0.528. The Kier molecular flexibility index (Phi) is 2.24. The van der Waals surface area contributed by atoms with Gasteiger partial charge in [0.15, 0.2) is 0 Å². The van der Waals surface area contributed by atoms with Crippen molar-refractivity contribution in [3.8, 4) is 6.07 Å². The van der Waals surface area contributed by atoms with E-state index in [1.807, 2.05) is 6.07 Å². The molecule has 0 bridgehead atoms. The third kappa shape index (κ3) is 1.68. The molecule has 0 fully saturated rings. The molecule has 0 aromatic carbocycles. The maximum absolute atomic E-state index is 8.68. The van der Waals surface area contributed by atoms with Crippen LogP contribution in [0.1, 0.15) is 17.0 Å². The summed E-state index contributed by atoms with van der Waals surface area (Å²) in [5, 5.41) is 12.0. The first kappa shape index (κ1) is 8.21. The zero-order chi connectivity index (χ0) is 9.10. The lowest BCUT2D eigenvalue weighted by Gasteiger charge is -2.02. The third-order valence-electron chi connectivity index (χ3n) is 2.29. The van der Waals surface area contributed by atoms with Crippen molar-refractivity contribution in [1.82, 2.24) is 10.3 Å². The molecule has 0 unspecified atom stereocenters. The number of nitrogens with one attached hydrogen (secondary N) is 1. The smallest absolute Gasteiger partial charge is 0.140 e. The van der Waals surface area contributed by atoms with Crippen LogP contribution in [0.3, 0.4) is 0 Å². The molecule has 0 radical (unpaired) electrons. The average molecular weight is 173 g/mol. The second-order valence-corrected chi connectivity index (χ2v) is 3.16. The van der Waals surface area contributed by atoms with E-state index < -0.39 is 0 Å². The van der Waals surface area contributed by atoms with Crippen LogP contribution in [0.15, 0.2) is 12.1 Å². The Morgan fingerprint density at radius 1 is 1.31 bits per heavy atom. The molecule has 0 saturated heterocycles. The molecule has 3 nitrogen and oxygen atoms in total. The molecule has 2 rings (SSSR count). The van der Waals surface area contributed by atoms with Crippen molar-refractivity contribution < 1.29 is 0 Å². The molecule has 1 aliphatic heterocycles. The van der Waals surface area contributed by atoms with Crippen molar-refractivity contribution in [3.05, 3.63) is 29.1 Å². The molecule has 66 valence electrons. The molecule has 0 spiro atoms. The van der Waals surface area contributed by atoms with Crippen molar-refractivity contribution >= 4 is 0 Å². The summed E-state index contributed by atoms with van der Waals surface area (Å²) >= 11 is 0. The second kappa shape index (κ2) is 3.55. The number of nitriles is 1. The number of fused-ring (bicyclic) bond motifs is 1. The SMILES string of the molecule is N#Cc1ccc2c(n1)CCNCC2. The van der Waals surface area contributed by atoms with Crippen LogP contribution >= 0.6 is 0 Å². The van der Waals surface area contributed by atoms with Gasteiger partial charge in [0.2, 0.25) is 0 Å². The number of hydrogen-bond acceptors (Lipinski definition) is 3. The van der Waals surface area contributed by atoms with E-state index in [2.05, 4.69) is 16.4 Å². The quantitative estimate of drug-likeness (QED) is 0.626. The molecule has 1 aromatic heterocycles. The molecule has 0 aliphatic carbocycles. The van der Waals surface area contributed by atoms with Gasteiger partial charge in [-0.05, 0) is 24.6 Å². The first-order chi connectivity index (χ1) is 6.40. The lowest BCUT2D eigenvalue weighted by atomic mass is 10.1. The number of nitrogens with zero attached hydrogens (tertiary/aromatic N) is 2. The highest BCUT2D eigenvalue weighted by atomic mass is 14.9. The number of pyridine rings is 1. The first-order valence-corrected chi connectivity index (χ1v) is 4.50. The normalized spacial score (nSPS) is 15.6. The third-order valence-corrected chi connectivity index (χ3v) is 2.29. The van der Waals surface area contributed by atoms with Gasteiger partial charge in [0.25, 0.3) is 0 Å². The summed E-state index contributed by atoms with van der Waals surface area (Å²) in [5.74, 6) is 0. The van der Waals surface area contributed by atoms with Crippen LogP contribution in [0.5, 0.6) is 0 Å². The van der Waals surface area contributed by atoms with Crippen LogP contribution in [-0.4, -0.2) is 18.1 Å². The van der Waals surface area contributed by atoms with Crippen molar-refractivity contribution in [3.63, 3.8) is 0 Å². The lowest BCUT2D eigenvalue weighted by molar-refractivity contribution is 0.708. The van der Waals surface area contributed by atoms with Gasteiger partial charge in [-0.3, -0.25) is 0 Å². The molecule has 13 heavy (non-hydrogen) atoms. The summed E-state index contributed by atoms with van der Waals surface area (Å²) < 4.78 is 0. The first-order valence-electron chi connectivity index (χ1n) is 4.50. The summed E-state index contributed by atoms with van der Waals surface area (Å²) in [5.41, 5.74) is 2.90. The fourth-order valence-electron chi connectivity index (χ4n) is 1.59. The monoisotopic (exact) mass is 173 g/mol. The maximum Gasteiger partial charge on any atom is 0.140 e. The molecule has 0 atom stereocenters. The van der Waals surface area contributed by atoms with Crippen LogP contribution in [0.4, 0.5) is 0 Å². The van der Waals surface area contributed by atoms with Gasteiger partial charge in [0, 0.05) is 18.7 Å². The minimum Gasteiger partial charge on any atom is -0.316 e. The van der Waals surface area contributed by atoms with Gasteiger partial charge in [-0.15, -0.1) is 0 Å². The molecular formula is C10H11N3. The van der Waals surface area contributed by atoms with Crippen LogP contribution < -0.4 is 5.32 Å². The van der Waals surface area contributed by atoms with Gasteiger partial charge in [-0.25, -0.2) is 4.98 Å². The Labute approximate surface area is 77.4 Å². The molecule has 1 N–H and O–H groups in total. The maximum atomic E-state index is 8.68. The second-order valence-electron chi connectivity index (χ2n) is 3.16. The van der Waals surface area contributed by atoms with Gasteiger partial charge in [-0.2, -0.15) is 5.26 Å². The van der Waals surface area contributed by atoms with Gasteiger partial charge in [0.1, 0.15) is 11.8 Å². The van der Waals surface area contributed by atoms with E-state index in [-0.39, 0.29) is 0 Å². The van der Waals surface area contributed by atoms with E-state index in [1.165, 1.54) is 5.56 Å². The van der Waals surface area contributed by atoms with E-state index in [1.54, 1.807) is 6.07 Å². The van der Waals surface area contributed by atoms with E-state index in [9.17, 15) is 0 Å². The summed E-state index contributed by atoms with van der Waals surface area (Å²) in [6.45, 7) is 1.98. The van der Waals surface area contributed by atoms with Crippen molar-refractivity contribution in [1.29, 1.82) is 5.26 Å². The Balaban J connectivity index is 2.39. The topological polar surface area (TPSA) is 48.7 Å².